The summed E-state index contributed by atoms with van der Waals surface area (Å²) in [6.07, 6.45) is 1.52. The first-order chi connectivity index (χ1) is 11.7. The van der Waals surface area contributed by atoms with E-state index in [1.54, 1.807) is 6.92 Å². The van der Waals surface area contributed by atoms with Crippen LogP contribution in [0.1, 0.15) is 37.7 Å². The number of thiophene rings is 1. The van der Waals surface area contributed by atoms with Crippen LogP contribution in [0.4, 0.5) is 0 Å². The summed E-state index contributed by atoms with van der Waals surface area (Å²) in [4.78, 5) is 24.4. The van der Waals surface area contributed by atoms with E-state index in [0.29, 0.717) is 10.6 Å². The first-order valence-electron chi connectivity index (χ1n) is 7.59. The Hall–Kier alpha value is -2.85. The standard InChI is InChI=1S/C18H19N3O3S/c1-9-6-13(7-14(8-19)16(22)20-5)11(3)21(9)17-15(18(23)24)10(2)12(4)25-17/h6-7H,1-5H3,(H,20,22)(H,23,24)/b14-7+. The van der Waals surface area contributed by atoms with E-state index in [1.807, 2.05) is 37.5 Å². The van der Waals surface area contributed by atoms with E-state index in [-0.39, 0.29) is 11.1 Å². The average Bonchev–Trinajstić information content (AvgIpc) is 3.00. The fourth-order valence-electron chi connectivity index (χ4n) is 2.70. The average molecular weight is 357 g/mol. The van der Waals surface area contributed by atoms with Crippen LogP contribution in [0.25, 0.3) is 11.1 Å². The third-order valence-corrected chi connectivity index (χ3v) is 5.34. The summed E-state index contributed by atoms with van der Waals surface area (Å²) in [7, 11) is 1.47. The van der Waals surface area contributed by atoms with Crippen LogP contribution in [0.2, 0.25) is 0 Å². The van der Waals surface area contributed by atoms with E-state index in [4.69, 9.17) is 5.26 Å². The summed E-state index contributed by atoms with van der Waals surface area (Å²) in [6, 6.07) is 3.73. The summed E-state index contributed by atoms with van der Waals surface area (Å²) in [6.45, 7) is 7.40. The van der Waals surface area contributed by atoms with Crippen molar-refractivity contribution in [3.8, 4) is 11.1 Å². The number of hydrogen-bond donors (Lipinski definition) is 2. The molecular weight excluding hydrogens is 338 g/mol. The predicted molar refractivity (Wildman–Crippen MR) is 97.2 cm³/mol. The molecule has 2 rings (SSSR count). The zero-order chi connectivity index (χ0) is 18.9. The molecule has 0 saturated heterocycles. The van der Waals surface area contributed by atoms with Crippen LogP contribution in [0.5, 0.6) is 0 Å². The van der Waals surface area contributed by atoms with Gasteiger partial charge in [0.2, 0.25) is 0 Å². The van der Waals surface area contributed by atoms with Gasteiger partial charge in [0, 0.05) is 23.3 Å². The van der Waals surface area contributed by atoms with Crippen LogP contribution in [-0.2, 0) is 4.79 Å². The first kappa shape index (κ1) is 18.5. The number of aromatic carboxylic acids is 1. The molecule has 25 heavy (non-hydrogen) atoms. The lowest BCUT2D eigenvalue weighted by atomic mass is 10.1. The normalized spacial score (nSPS) is 11.3. The molecular formula is C18H19N3O3S. The molecule has 0 aromatic carbocycles. The molecule has 0 fully saturated rings. The number of aryl methyl sites for hydroxylation is 2. The number of nitriles is 1. The fourth-order valence-corrected chi connectivity index (χ4v) is 3.96. The second kappa shape index (κ2) is 6.95. The van der Waals surface area contributed by atoms with Gasteiger partial charge in [0.25, 0.3) is 5.91 Å². The quantitative estimate of drug-likeness (QED) is 0.649. The van der Waals surface area contributed by atoms with E-state index < -0.39 is 11.9 Å². The largest absolute Gasteiger partial charge is 0.478 e. The summed E-state index contributed by atoms with van der Waals surface area (Å²) in [5.41, 5.74) is 3.35. The molecule has 0 aliphatic rings. The Labute approximate surface area is 150 Å². The van der Waals surface area contributed by atoms with E-state index in [1.165, 1.54) is 24.5 Å². The maximum atomic E-state index is 11.7. The number of carbonyl (C=O) groups is 2. The van der Waals surface area contributed by atoms with Crippen LogP contribution >= 0.6 is 11.3 Å². The van der Waals surface area contributed by atoms with Crippen molar-refractivity contribution in [1.82, 2.24) is 9.88 Å². The van der Waals surface area contributed by atoms with Gasteiger partial charge < -0.3 is 15.0 Å². The number of aromatic nitrogens is 1. The van der Waals surface area contributed by atoms with Gasteiger partial charge in [-0.25, -0.2) is 4.79 Å². The number of nitrogens with one attached hydrogen (secondary N) is 1. The molecule has 2 aromatic rings. The SMILES string of the molecule is CNC(=O)/C(C#N)=C/c1cc(C)n(-c2sc(C)c(C)c2C(=O)O)c1C. The maximum Gasteiger partial charge on any atom is 0.339 e. The molecule has 0 aliphatic carbocycles. The minimum absolute atomic E-state index is 0.000233. The molecule has 1 amide bonds. The van der Waals surface area contributed by atoms with Crippen LogP contribution < -0.4 is 5.32 Å². The highest BCUT2D eigenvalue weighted by atomic mass is 32.1. The van der Waals surface area contributed by atoms with Gasteiger partial charge in [0.1, 0.15) is 16.6 Å². The second-order valence-corrected chi connectivity index (χ2v) is 6.88. The van der Waals surface area contributed by atoms with Gasteiger partial charge >= 0.3 is 5.97 Å². The second-order valence-electron chi connectivity index (χ2n) is 5.68. The summed E-state index contributed by atoms with van der Waals surface area (Å²) >= 11 is 1.42. The maximum absolute atomic E-state index is 11.7. The van der Waals surface area contributed by atoms with Crippen LogP contribution in [0.15, 0.2) is 11.6 Å². The summed E-state index contributed by atoms with van der Waals surface area (Å²) in [5.74, 6) is -1.43. The highest BCUT2D eigenvalue weighted by Crippen LogP contribution is 2.34. The predicted octanol–water partition coefficient (Wildman–Crippen LogP) is 3.12. The molecule has 0 spiro atoms. The van der Waals surface area contributed by atoms with E-state index in [0.717, 1.165) is 21.8 Å². The Balaban J connectivity index is 2.69. The van der Waals surface area contributed by atoms with E-state index in [2.05, 4.69) is 5.32 Å². The number of rotatable bonds is 4. The number of nitrogens with zero attached hydrogens (tertiary/aromatic N) is 2. The summed E-state index contributed by atoms with van der Waals surface area (Å²) < 4.78 is 1.86. The van der Waals surface area contributed by atoms with Crippen molar-refractivity contribution in [2.24, 2.45) is 0 Å². The van der Waals surface area contributed by atoms with Crippen LogP contribution in [-0.4, -0.2) is 28.6 Å². The number of amides is 1. The van der Waals surface area contributed by atoms with Crippen LogP contribution in [0, 0.1) is 39.0 Å². The highest BCUT2D eigenvalue weighted by Gasteiger charge is 2.23. The smallest absolute Gasteiger partial charge is 0.339 e. The first-order valence-corrected chi connectivity index (χ1v) is 8.41. The lowest BCUT2D eigenvalue weighted by molar-refractivity contribution is -0.116. The molecule has 2 heterocycles. The molecule has 0 atom stereocenters. The molecule has 7 heteroatoms. The van der Waals surface area contributed by atoms with Gasteiger partial charge in [0.15, 0.2) is 0 Å². The molecule has 0 radical (unpaired) electrons. The zero-order valence-electron chi connectivity index (χ0n) is 14.7. The number of carboxylic acids is 1. The molecule has 2 aromatic heterocycles. The van der Waals surface area contributed by atoms with Crippen molar-refractivity contribution in [2.45, 2.75) is 27.7 Å². The van der Waals surface area contributed by atoms with E-state index >= 15 is 0 Å². The Morgan fingerprint density at radius 2 is 1.96 bits per heavy atom. The molecule has 130 valence electrons. The number of likely N-dealkylation sites (N-methyl/N-ethyl adjacent to an activating group) is 1. The lowest BCUT2D eigenvalue weighted by Gasteiger charge is -2.09. The third kappa shape index (κ3) is 3.21. The van der Waals surface area contributed by atoms with Crippen molar-refractivity contribution < 1.29 is 14.7 Å². The lowest BCUT2D eigenvalue weighted by Crippen LogP contribution is -2.19. The van der Waals surface area contributed by atoms with Gasteiger partial charge in [-0.1, -0.05) is 0 Å². The molecule has 2 N–H and O–H groups in total. The van der Waals surface area contributed by atoms with Gasteiger partial charge in [0.05, 0.1) is 5.56 Å². The van der Waals surface area contributed by atoms with Gasteiger partial charge in [-0.3, -0.25) is 4.79 Å². The monoisotopic (exact) mass is 357 g/mol. The molecule has 0 unspecified atom stereocenters. The Bertz CT molecular complexity index is 942. The van der Waals surface area contributed by atoms with Gasteiger partial charge in [-0.15, -0.1) is 11.3 Å². The Morgan fingerprint density at radius 1 is 1.32 bits per heavy atom. The van der Waals surface area contributed by atoms with Gasteiger partial charge in [-0.05, 0) is 51.0 Å². The van der Waals surface area contributed by atoms with Crippen LogP contribution in [0.3, 0.4) is 0 Å². The zero-order valence-corrected chi connectivity index (χ0v) is 15.5. The summed E-state index contributed by atoms with van der Waals surface area (Å²) in [5, 5.41) is 21.8. The number of hydrogen-bond acceptors (Lipinski definition) is 4. The number of carbonyl (C=O) groups excluding carboxylic acids is 1. The Kier molecular flexibility index (Phi) is 5.14. The van der Waals surface area contributed by atoms with Crippen molar-refractivity contribution in [1.29, 1.82) is 5.26 Å². The Morgan fingerprint density at radius 3 is 2.48 bits per heavy atom. The molecule has 6 nitrogen and oxygen atoms in total. The van der Waals surface area contributed by atoms with Crippen molar-refractivity contribution in [2.75, 3.05) is 7.05 Å². The molecule has 0 saturated carbocycles. The van der Waals surface area contributed by atoms with Crippen molar-refractivity contribution >= 4 is 29.3 Å². The fraction of sp³-hybridized carbons (Fsp3) is 0.278. The number of carboxylic acid groups (broad SMARTS) is 1. The molecule has 0 bridgehead atoms. The van der Waals surface area contributed by atoms with Crippen molar-refractivity contribution in [3.63, 3.8) is 0 Å². The van der Waals surface area contributed by atoms with Crippen molar-refractivity contribution in [3.05, 3.63) is 44.6 Å². The minimum Gasteiger partial charge on any atom is -0.478 e. The van der Waals surface area contributed by atoms with E-state index in [9.17, 15) is 14.7 Å². The van der Waals surface area contributed by atoms with Gasteiger partial charge in [-0.2, -0.15) is 5.26 Å². The topological polar surface area (TPSA) is 95.1 Å². The highest BCUT2D eigenvalue weighted by molar-refractivity contribution is 7.15. The molecule has 0 aliphatic heterocycles. The minimum atomic E-state index is -0.968. The third-order valence-electron chi connectivity index (χ3n) is 4.15.